The maximum Gasteiger partial charge on any atom is 0.171 e. The van der Waals surface area contributed by atoms with Gasteiger partial charge in [-0.2, -0.15) is 0 Å². The minimum absolute atomic E-state index is 0.822. The van der Waals surface area contributed by atoms with E-state index in [0.717, 1.165) is 26.6 Å². The van der Waals surface area contributed by atoms with Crippen molar-refractivity contribution in [2.24, 2.45) is 0 Å². The zero-order valence-electron chi connectivity index (χ0n) is 9.55. The number of halogens is 1. The van der Waals surface area contributed by atoms with Crippen LogP contribution in [0.4, 0.5) is 0 Å². The first-order valence-electron chi connectivity index (χ1n) is 5.33. The molecule has 0 amide bonds. The fourth-order valence-corrected chi connectivity index (χ4v) is 3.45. The van der Waals surface area contributed by atoms with Crippen molar-refractivity contribution in [2.75, 3.05) is 6.26 Å². The minimum Gasteiger partial charge on any atom is -0.227 e. The lowest BCUT2D eigenvalue weighted by Crippen LogP contribution is -1.92. The normalized spacial score (nSPS) is 11.0. The Bertz CT molecular complexity index is 696. The van der Waals surface area contributed by atoms with Crippen molar-refractivity contribution < 1.29 is 0 Å². The highest BCUT2D eigenvalue weighted by molar-refractivity contribution is 14.1. The molecule has 0 radical (unpaired) electrons. The van der Waals surface area contributed by atoms with Gasteiger partial charge in [0, 0.05) is 8.96 Å². The van der Waals surface area contributed by atoms with Gasteiger partial charge in [-0.1, -0.05) is 6.07 Å². The monoisotopic (exact) mass is 384 g/mol. The van der Waals surface area contributed by atoms with Gasteiger partial charge in [-0.05, 0) is 58.5 Å². The zero-order chi connectivity index (χ0) is 12.5. The molecule has 5 heteroatoms. The summed E-state index contributed by atoms with van der Waals surface area (Å²) in [6.45, 7) is 0. The van der Waals surface area contributed by atoms with Gasteiger partial charge in [-0.25, -0.2) is 9.97 Å². The van der Waals surface area contributed by atoms with Gasteiger partial charge < -0.3 is 0 Å². The molecule has 0 saturated carbocycles. The van der Waals surface area contributed by atoms with Crippen LogP contribution in [-0.4, -0.2) is 16.2 Å². The quantitative estimate of drug-likeness (QED) is 0.364. The Kier molecular flexibility index (Phi) is 3.54. The van der Waals surface area contributed by atoms with Crippen LogP contribution >= 0.6 is 45.7 Å². The summed E-state index contributed by atoms with van der Waals surface area (Å²) in [6.07, 6.45) is 2.06. The highest BCUT2D eigenvalue weighted by Gasteiger charge is 2.09. The Balaban J connectivity index is 2.28. The molecule has 2 nitrogen and oxygen atoms in total. The van der Waals surface area contributed by atoms with Gasteiger partial charge in [-0.3, -0.25) is 0 Å². The second kappa shape index (κ2) is 5.14. The van der Waals surface area contributed by atoms with Gasteiger partial charge in [0.25, 0.3) is 0 Å². The minimum atomic E-state index is 0.822. The van der Waals surface area contributed by atoms with Gasteiger partial charge in [-0.15, -0.1) is 23.1 Å². The lowest BCUT2D eigenvalue weighted by Gasteiger charge is -2.06. The summed E-state index contributed by atoms with van der Waals surface area (Å²) in [7, 11) is 0. The van der Waals surface area contributed by atoms with Crippen LogP contribution in [0.1, 0.15) is 0 Å². The third-order valence-corrected chi connectivity index (χ3v) is 4.79. The number of hydrogen-bond donors (Lipinski definition) is 0. The average molecular weight is 384 g/mol. The Hall–Kier alpha value is -0.660. The highest BCUT2D eigenvalue weighted by Crippen LogP contribution is 2.29. The molecule has 0 spiro atoms. The van der Waals surface area contributed by atoms with Gasteiger partial charge in [0.2, 0.25) is 0 Å². The first-order chi connectivity index (χ1) is 8.78. The van der Waals surface area contributed by atoms with E-state index in [-0.39, 0.29) is 0 Å². The largest absolute Gasteiger partial charge is 0.227 e. The van der Waals surface area contributed by atoms with Crippen molar-refractivity contribution in [2.45, 2.75) is 5.03 Å². The third kappa shape index (κ3) is 2.26. The number of hydrogen-bond acceptors (Lipinski definition) is 4. The van der Waals surface area contributed by atoms with Crippen molar-refractivity contribution in [3.8, 4) is 10.7 Å². The molecule has 0 unspecified atom stereocenters. The molecule has 0 saturated heterocycles. The molecule has 18 heavy (non-hydrogen) atoms. The van der Waals surface area contributed by atoms with E-state index >= 15 is 0 Å². The van der Waals surface area contributed by atoms with Crippen molar-refractivity contribution in [1.82, 2.24) is 9.97 Å². The Morgan fingerprint density at radius 2 is 2.11 bits per heavy atom. The van der Waals surface area contributed by atoms with E-state index in [1.807, 2.05) is 6.07 Å². The summed E-state index contributed by atoms with van der Waals surface area (Å²) in [4.78, 5) is 10.4. The molecule has 0 aliphatic heterocycles. The molecule has 0 atom stereocenters. The van der Waals surface area contributed by atoms with E-state index < -0.39 is 0 Å². The topological polar surface area (TPSA) is 25.8 Å². The van der Waals surface area contributed by atoms with Crippen molar-refractivity contribution in [1.29, 1.82) is 0 Å². The van der Waals surface area contributed by atoms with E-state index in [4.69, 9.17) is 0 Å². The van der Waals surface area contributed by atoms with Crippen molar-refractivity contribution >= 4 is 56.6 Å². The molecular formula is C13H9IN2S2. The SMILES string of the molecule is CSc1nc(-c2cccs2)nc2ccc(I)cc12. The molecule has 90 valence electrons. The summed E-state index contributed by atoms with van der Waals surface area (Å²) in [6, 6.07) is 10.4. The van der Waals surface area contributed by atoms with Crippen LogP contribution in [0.25, 0.3) is 21.6 Å². The van der Waals surface area contributed by atoms with Gasteiger partial charge in [0.15, 0.2) is 5.82 Å². The van der Waals surface area contributed by atoms with E-state index in [1.54, 1.807) is 23.1 Å². The van der Waals surface area contributed by atoms with Crippen LogP contribution in [0.5, 0.6) is 0 Å². The maximum absolute atomic E-state index is 4.66. The number of thioether (sulfide) groups is 1. The van der Waals surface area contributed by atoms with Crippen molar-refractivity contribution in [3.05, 3.63) is 39.3 Å². The smallest absolute Gasteiger partial charge is 0.171 e. The van der Waals surface area contributed by atoms with Crippen LogP contribution in [-0.2, 0) is 0 Å². The number of aromatic nitrogens is 2. The summed E-state index contributed by atoms with van der Waals surface area (Å²) < 4.78 is 1.21. The molecule has 0 fully saturated rings. The second-order valence-corrected chi connectivity index (χ2v) is 6.68. The van der Waals surface area contributed by atoms with Gasteiger partial charge in [0.05, 0.1) is 10.4 Å². The Morgan fingerprint density at radius 1 is 1.22 bits per heavy atom. The lowest BCUT2D eigenvalue weighted by atomic mass is 10.2. The molecule has 2 heterocycles. The average Bonchev–Trinajstić information content (AvgIpc) is 2.91. The van der Waals surface area contributed by atoms with Crippen molar-refractivity contribution in [3.63, 3.8) is 0 Å². The van der Waals surface area contributed by atoms with Gasteiger partial charge in [0.1, 0.15) is 5.03 Å². The van der Waals surface area contributed by atoms with Crippen LogP contribution in [0.3, 0.4) is 0 Å². The summed E-state index contributed by atoms with van der Waals surface area (Å²) in [5.41, 5.74) is 1.01. The number of fused-ring (bicyclic) bond motifs is 1. The first kappa shape index (κ1) is 12.4. The van der Waals surface area contributed by atoms with Gasteiger partial charge >= 0.3 is 0 Å². The molecule has 0 aliphatic carbocycles. The third-order valence-electron chi connectivity index (χ3n) is 2.56. The Morgan fingerprint density at radius 3 is 2.83 bits per heavy atom. The summed E-state index contributed by atoms with van der Waals surface area (Å²) in [5.74, 6) is 0.822. The fourth-order valence-electron chi connectivity index (χ4n) is 1.74. The predicted octanol–water partition coefficient (Wildman–Crippen LogP) is 4.68. The Labute approximate surface area is 127 Å². The second-order valence-electron chi connectivity index (χ2n) is 3.70. The highest BCUT2D eigenvalue weighted by atomic mass is 127. The number of rotatable bonds is 2. The standard InChI is InChI=1S/C13H9IN2S2/c1-17-13-9-7-8(14)4-5-10(9)15-12(16-13)11-3-2-6-18-11/h2-7H,1H3. The van der Waals surface area contributed by atoms with Crippen LogP contribution in [0, 0.1) is 3.57 Å². The van der Waals surface area contributed by atoms with E-state index in [9.17, 15) is 0 Å². The number of thiophene rings is 1. The predicted molar refractivity (Wildman–Crippen MR) is 87.3 cm³/mol. The summed E-state index contributed by atoms with van der Waals surface area (Å²) in [5, 5.41) is 4.23. The molecular weight excluding hydrogens is 375 g/mol. The zero-order valence-corrected chi connectivity index (χ0v) is 13.3. The first-order valence-corrected chi connectivity index (χ1v) is 8.51. The van der Waals surface area contributed by atoms with E-state index in [1.165, 1.54) is 3.57 Å². The van der Waals surface area contributed by atoms with Crippen LogP contribution in [0.2, 0.25) is 0 Å². The van der Waals surface area contributed by atoms with Crippen LogP contribution < -0.4 is 0 Å². The molecule has 0 bridgehead atoms. The molecule has 3 aromatic rings. The molecule has 0 N–H and O–H groups in total. The number of nitrogens with zero attached hydrogens (tertiary/aromatic N) is 2. The van der Waals surface area contributed by atoms with E-state index in [2.05, 4.69) is 68.5 Å². The molecule has 0 aliphatic rings. The number of benzene rings is 1. The maximum atomic E-state index is 4.66. The molecule has 1 aromatic carbocycles. The van der Waals surface area contributed by atoms with E-state index in [0.29, 0.717) is 0 Å². The summed E-state index contributed by atoms with van der Waals surface area (Å²) >= 11 is 5.66. The fraction of sp³-hybridized carbons (Fsp3) is 0.0769. The molecule has 2 aromatic heterocycles. The lowest BCUT2D eigenvalue weighted by molar-refractivity contribution is 1.12. The molecule has 3 rings (SSSR count). The van der Waals surface area contributed by atoms with Crippen LogP contribution in [0.15, 0.2) is 40.7 Å².